The highest BCUT2D eigenvalue weighted by Crippen LogP contribution is 2.41. The largest absolute Gasteiger partial charge is 0.465 e. The molecule has 2 saturated heterocycles. The number of hydrogen-bond donors (Lipinski definition) is 0. The van der Waals surface area contributed by atoms with E-state index in [0.717, 1.165) is 32.1 Å². The SMILES string of the molecule is CCCCC1OC1CCOC(=O)C1CCCC2OC21. The van der Waals surface area contributed by atoms with Crippen molar-refractivity contribution >= 4 is 5.97 Å². The van der Waals surface area contributed by atoms with Gasteiger partial charge >= 0.3 is 5.97 Å². The number of fused-ring (bicyclic) bond motifs is 1. The summed E-state index contributed by atoms with van der Waals surface area (Å²) in [5, 5.41) is 0. The Morgan fingerprint density at radius 1 is 1.21 bits per heavy atom. The van der Waals surface area contributed by atoms with Crippen LogP contribution >= 0.6 is 0 Å². The molecule has 3 fully saturated rings. The van der Waals surface area contributed by atoms with Crippen molar-refractivity contribution in [3.63, 3.8) is 0 Å². The van der Waals surface area contributed by atoms with Gasteiger partial charge in [0.2, 0.25) is 0 Å². The molecule has 0 spiro atoms. The average Bonchev–Trinajstić information content (AvgIpc) is 3.30. The fourth-order valence-electron chi connectivity index (χ4n) is 3.17. The zero-order valence-corrected chi connectivity index (χ0v) is 11.7. The fraction of sp³-hybridized carbons (Fsp3) is 0.933. The first kappa shape index (κ1) is 13.4. The second-order valence-electron chi connectivity index (χ2n) is 5.99. The van der Waals surface area contributed by atoms with E-state index in [2.05, 4.69) is 6.92 Å². The predicted octanol–water partition coefficient (Wildman–Crippen LogP) is 2.44. The standard InChI is InChI=1S/C15H24O4/c1-2-3-6-11-12(18-11)8-9-17-15(16)10-5-4-7-13-14(10)19-13/h10-14H,2-9H2,1H3. The highest BCUT2D eigenvalue weighted by atomic mass is 16.6. The van der Waals surface area contributed by atoms with Gasteiger partial charge in [-0.25, -0.2) is 0 Å². The minimum absolute atomic E-state index is 0.00485. The molecule has 0 aromatic heterocycles. The van der Waals surface area contributed by atoms with Crippen LogP contribution in [0, 0.1) is 5.92 Å². The van der Waals surface area contributed by atoms with Gasteiger partial charge in [-0.3, -0.25) is 4.79 Å². The van der Waals surface area contributed by atoms with Crippen LogP contribution in [0.1, 0.15) is 51.9 Å². The fourth-order valence-corrected chi connectivity index (χ4v) is 3.17. The molecule has 0 N–H and O–H groups in total. The summed E-state index contributed by atoms with van der Waals surface area (Å²) < 4.78 is 16.4. The van der Waals surface area contributed by atoms with Crippen LogP contribution < -0.4 is 0 Å². The molecule has 4 nitrogen and oxygen atoms in total. The molecule has 2 aliphatic heterocycles. The van der Waals surface area contributed by atoms with Gasteiger partial charge in [0.05, 0.1) is 36.9 Å². The molecule has 3 aliphatic rings. The van der Waals surface area contributed by atoms with Crippen molar-refractivity contribution in [2.24, 2.45) is 5.92 Å². The van der Waals surface area contributed by atoms with E-state index in [4.69, 9.17) is 14.2 Å². The molecule has 0 amide bonds. The maximum atomic E-state index is 11.9. The molecule has 5 atom stereocenters. The number of rotatable bonds is 7. The Bertz CT molecular complexity index is 330. The molecular weight excluding hydrogens is 244 g/mol. The Hall–Kier alpha value is -0.610. The van der Waals surface area contributed by atoms with Gasteiger partial charge in [0.25, 0.3) is 0 Å². The molecule has 108 valence electrons. The summed E-state index contributed by atoms with van der Waals surface area (Å²) in [4.78, 5) is 11.9. The molecule has 5 unspecified atom stereocenters. The molecule has 1 aliphatic carbocycles. The molecule has 3 rings (SSSR count). The second kappa shape index (κ2) is 5.80. The lowest BCUT2D eigenvalue weighted by Crippen LogP contribution is -2.27. The zero-order chi connectivity index (χ0) is 13.2. The lowest BCUT2D eigenvalue weighted by Gasteiger charge is -2.16. The topological polar surface area (TPSA) is 51.4 Å². The van der Waals surface area contributed by atoms with E-state index in [9.17, 15) is 4.79 Å². The van der Waals surface area contributed by atoms with Crippen molar-refractivity contribution in [1.29, 1.82) is 0 Å². The van der Waals surface area contributed by atoms with Gasteiger partial charge in [0.15, 0.2) is 0 Å². The maximum Gasteiger partial charge on any atom is 0.311 e. The second-order valence-corrected chi connectivity index (χ2v) is 5.99. The smallest absolute Gasteiger partial charge is 0.311 e. The molecule has 2 heterocycles. The third kappa shape index (κ3) is 3.29. The summed E-state index contributed by atoms with van der Waals surface area (Å²) in [5.41, 5.74) is 0. The maximum absolute atomic E-state index is 11.9. The first-order valence-electron chi connectivity index (χ1n) is 7.77. The van der Waals surface area contributed by atoms with E-state index in [0.29, 0.717) is 24.9 Å². The summed E-state index contributed by atoms with van der Waals surface area (Å²) in [6.07, 6.45) is 8.83. The minimum Gasteiger partial charge on any atom is -0.465 e. The summed E-state index contributed by atoms with van der Waals surface area (Å²) >= 11 is 0. The Balaban J connectivity index is 1.29. The lowest BCUT2D eigenvalue weighted by molar-refractivity contribution is -0.149. The minimum atomic E-state index is -0.0574. The third-order valence-corrected chi connectivity index (χ3v) is 4.50. The molecule has 0 radical (unpaired) electrons. The van der Waals surface area contributed by atoms with Crippen molar-refractivity contribution in [3.05, 3.63) is 0 Å². The number of ether oxygens (including phenoxy) is 3. The number of hydrogen-bond acceptors (Lipinski definition) is 4. The number of carbonyl (C=O) groups is 1. The average molecular weight is 268 g/mol. The Morgan fingerprint density at radius 3 is 2.89 bits per heavy atom. The van der Waals surface area contributed by atoms with Crippen LogP contribution in [-0.4, -0.2) is 37.0 Å². The van der Waals surface area contributed by atoms with Crippen LogP contribution in [0.25, 0.3) is 0 Å². The van der Waals surface area contributed by atoms with Gasteiger partial charge in [-0.1, -0.05) is 19.8 Å². The van der Waals surface area contributed by atoms with E-state index < -0.39 is 0 Å². The number of unbranched alkanes of at least 4 members (excludes halogenated alkanes) is 1. The summed E-state index contributed by atoms with van der Waals surface area (Å²) in [6, 6.07) is 0. The van der Waals surface area contributed by atoms with Gasteiger partial charge in [-0.05, 0) is 25.7 Å². The molecule has 19 heavy (non-hydrogen) atoms. The predicted molar refractivity (Wildman–Crippen MR) is 69.8 cm³/mol. The molecule has 1 saturated carbocycles. The highest BCUT2D eigenvalue weighted by molar-refractivity contribution is 5.73. The van der Waals surface area contributed by atoms with Crippen LogP contribution in [-0.2, 0) is 19.0 Å². The zero-order valence-electron chi connectivity index (χ0n) is 11.7. The summed E-state index contributed by atoms with van der Waals surface area (Å²) in [7, 11) is 0. The first-order valence-corrected chi connectivity index (χ1v) is 7.77. The Kier molecular flexibility index (Phi) is 4.08. The van der Waals surface area contributed by atoms with Crippen molar-refractivity contribution in [2.75, 3.05) is 6.61 Å². The van der Waals surface area contributed by atoms with Gasteiger partial charge in [-0.2, -0.15) is 0 Å². The van der Waals surface area contributed by atoms with Crippen molar-refractivity contribution in [1.82, 2.24) is 0 Å². The number of epoxide rings is 2. The first-order chi connectivity index (χ1) is 9.29. The highest BCUT2D eigenvalue weighted by Gasteiger charge is 2.50. The van der Waals surface area contributed by atoms with Crippen LogP contribution in [0.15, 0.2) is 0 Å². The van der Waals surface area contributed by atoms with E-state index in [1.807, 2.05) is 0 Å². The molecular formula is C15H24O4. The van der Waals surface area contributed by atoms with Crippen molar-refractivity contribution < 1.29 is 19.0 Å². The van der Waals surface area contributed by atoms with Crippen molar-refractivity contribution in [3.8, 4) is 0 Å². The Labute approximate surface area is 114 Å². The summed E-state index contributed by atoms with van der Waals surface area (Å²) in [5.74, 6) is -0.0623. The Morgan fingerprint density at radius 2 is 2.05 bits per heavy atom. The van der Waals surface area contributed by atoms with Crippen LogP contribution in [0.5, 0.6) is 0 Å². The third-order valence-electron chi connectivity index (χ3n) is 4.50. The molecule has 0 aromatic carbocycles. The van der Waals surface area contributed by atoms with E-state index in [-0.39, 0.29) is 18.0 Å². The summed E-state index contributed by atoms with van der Waals surface area (Å²) in [6.45, 7) is 2.69. The van der Waals surface area contributed by atoms with Gasteiger partial charge in [-0.15, -0.1) is 0 Å². The van der Waals surface area contributed by atoms with Crippen molar-refractivity contribution in [2.45, 2.75) is 76.3 Å². The molecule has 4 heteroatoms. The van der Waals surface area contributed by atoms with Crippen LogP contribution in [0.3, 0.4) is 0 Å². The van der Waals surface area contributed by atoms with E-state index in [1.165, 1.54) is 12.8 Å². The van der Waals surface area contributed by atoms with Gasteiger partial charge < -0.3 is 14.2 Å². The van der Waals surface area contributed by atoms with Crippen LogP contribution in [0.4, 0.5) is 0 Å². The number of carbonyl (C=O) groups excluding carboxylic acids is 1. The lowest BCUT2D eigenvalue weighted by atomic mass is 9.89. The normalized spacial score (nSPS) is 39.5. The molecule has 0 aromatic rings. The van der Waals surface area contributed by atoms with Gasteiger partial charge in [0.1, 0.15) is 0 Å². The van der Waals surface area contributed by atoms with Crippen LogP contribution in [0.2, 0.25) is 0 Å². The molecule has 0 bridgehead atoms. The van der Waals surface area contributed by atoms with E-state index >= 15 is 0 Å². The number of esters is 1. The van der Waals surface area contributed by atoms with E-state index in [1.54, 1.807) is 0 Å². The monoisotopic (exact) mass is 268 g/mol. The van der Waals surface area contributed by atoms with Gasteiger partial charge in [0, 0.05) is 6.42 Å². The quantitative estimate of drug-likeness (QED) is 0.525.